The third-order valence-corrected chi connectivity index (χ3v) is 5.25. The van der Waals surface area contributed by atoms with Gasteiger partial charge in [-0.2, -0.15) is 0 Å². The summed E-state index contributed by atoms with van der Waals surface area (Å²) in [6.07, 6.45) is 1.93. The maximum atomic E-state index is 12.1. The van der Waals surface area contributed by atoms with E-state index in [1.807, 2.05) is 50.2 Å². The van der Waals surface area contributed by atoms with E-state index in [1.165, 1.54) is 10.6 Å². The molecular formula is C20H26N2O3S. The zero-order valence-corrected chi connectivity index (χ0v) is 16.3. The summed E-state index contributed by atoms with van der Waals surface area (Å²) in [5.41, 5.74) is 3.89. The summed E-state index contributed by atoms with van der Waals surface area (Å²) in [6.45, 7) is 4.72. The monoisotopic (exact) mass is 374 g/mol. The zero-order valence-electron chi connectivity index (χ0n) is 15.5. The standard InChI is InChI=1S/C20H26N2O3S/c1-16-9-11-19(12-10-16)22(26(3,24)25)13-5-8-20(23)21-15-18-7-4-6-17(2)14-18/h4,6-7,9-12,14H,5,8,13,15H2,1-3H3,(H,21,23). The minimum Gasteiger partial charge on any atom is -0.352 e. The van der Waals surface area contributed by atoms with Crippen LogP contribution < -0.4 is 9.62 Å². The molecule has 2 aromatic rings. The molecule has 0 spiro atoms. The molecule has 140 valence electrons. The molecular weight excluding hydrogens is 348 g/mol. The van der Waals surface area contributed by atoms with Gasteiger partial charge in [0.1, 0.15) is 0 Å². The molecule has 0 fully saturated rings. The Hall–Kier alpha value is -2.34. The van der Waals surface area contributed by atoms with Gasteiger partial charge in [-0.15, -0.1) is 0 Å². The molecule has 0 bridgehead atoms. The van der Waals surface area contributed by atoms with Crippen LogP contribution in [0.15, 0.2) is 48.5 Å². The van der Waals surface area contributed by atoms with E-state index in [1.54, 1.807) is 12.1 Å². The first-order chi connectivity index (χ1) is 12.3. The smallest absolute Gasteiger partial charge is 0.232 e. The van der Waals surface area contributed by atoms with Gasteiger partial charge in [-0.25, -0.2) is 8.42 Å². The van der Waals surface area contributed by atoms with Crippen molar-refractivity contribution in [3.63, 3.8) is 0 Å². The van der Waals surface area contributed by atoms with E-state index in [4.69, 9.17) is 0 Å². The molecule has 0 unspecified atom stereocenters. The molecule has 0 saturated carbocycles. The van der Waals surface area contributed by atoms with E-state index in [0.717, 1.165) is 16.7 Å². The van der Waals surface area contributed by atoms with E-state index in [2.05, 4.69) is 5.32 Å². The van der Waals surface area contributed by atoms with E-state index in [0.29, 0.717) is 18.7 Å². The summed E-state index contributed by atoms with van der Waals surface area (Å²) in [5.74, 6) is -0.0798. The van der Waals surface area contributed by atoms with Gasteiger partial charge in [0.05, 0.1) is 11.9 Å². The fourth-order valence-electron chi connectivity index (χ4n) is 2.69. The van der Waals surface area contributed by atoms with Crippen molar-refractivity contribution < 1.29 is 13.2 Å². The number of rotatable bonds is 8. The molecule has 26 heavy (non-hydrogen) atoms. The Morgan fingerprint density at radius 3 is 2.35 bits per heavy atom. The van der Waals surface area contributed by atoms with Crippen molar-refractivity contribution in [2.45, 2.75) is 33.2 Å². The molecule has 1 N–H and O–H groups in total. The molecule has 5 nitrogen and oxygen atoms in total. The molecule has 0 aliphatic carbocycles. The normalized spacial score (nSPS) is 11.2. The molecule has 0 aliphatic rings. The van der Waals surface area contributed by atoms with Crippen LogP contribution in [0.5, 0.6) is 0 Å². The average molecular weight is 375 g/mol. The van der Waals surface area contributed by atoms with Crippen molar-refractivity contribution in [1.29, 1.82) is 0 Å². The second kappa shape index (κ2) is 8.85. The lowest BCUT2D eigenvalue weighted by Crippen LogP contribution is -2.32. The predicted octanol–water partition coefficient (Wildman–Crippen LogP) is 3.17. The van der Waals surface area contributed by atoms with Gasteiger partial charge >= 0.3 is 0 Å². The van der Waals surface area contributed by atoms with Gasteiger partial charge in [0.2, 0.25) is 15.9 Å². The number of aryl methyl sites for hydroxylation is 2. The van der Waals surface area contributed by atoms with Crippen LogP contribution in [0.4, 0.5) is 5.69 Å². The molecule has 0 atom stereocenters. The lowest BCUT2D eigenvalue weighted by atomic mass is 10.1. The summed E-state index contributed by atoms with van der Waals surface area (Å²) in [4.78, 5) is 12.0. The van der Waals surface area contributed by atoms with Crippen LogP contribution in [0.3, 0.4) is 0 Å². The average Bonchev–Trinajstić information content (AvgIpc) is 2.57. The zero-order chi connectivity index (χ0) is 19.2. The van der Waals surface area contributed by atoms with Crippen LogP contribution in [0.1, 0.15) is 29.5 Å². The number of carbonyl (C=O) groups is 1. The van der Waals surface area contributed by atoms with Gasteiger partial charge < -0.3 is 5.32 Å². The van der Waals surface area contributed by atoms with Gasteiger partial charge in [0.25, 0.3) is 0 Å². The molecule has 0 aliphatic heterocycles. The highest BCUT2D eigenvalue weighted by atomic mass is 32.2. The molecule has 2 aromatic carbocycles. The molecule has 0 heterocycles. The number of benzene rings is 2. The quantitative estimate of drug-likeness (QED) is 0.772. The molecule has 1 amide bonds. The van der Waals surface area contributed by atoms with Gasteiger partial charge in [0.15, 0.2) is 0 Å². The van der Waals surface area contributed by atoms with Crippen molar-refractivity contribution in [1.82, 2.24) is 5.32 Å². The van der Waals surface area contributed by atoms with Gasteiger partial charge in [-0.3, -0.25) is 9.10 Å². The summed E-state index contributed by atoms with van der Waals surface area (Å²) in [7, 11) is -3.39. The third-order valence-electron chi connectivity index (χ3n) is 4.06. The highest BCUT2D eigenvalue weighted by Crippen LogP contribution is 2.18. The number of hydrogen-bond acceptors (Lipinski definition) is 3. The molecule has 2 rings (SSSR count). The summed E-state index contributed by atoms with van der Waals surface area (Å²) < 4.78 is 25.5. The van der Waals surface area contributed by atoms with Crippen LogP contribution in [0.25, 0.3) is 0 Å². The van der Waals surface area contributed by atoms with E-state index in [-0.39, 0.29) is 18.9 Å². The molecule has 0 aromatic heterocycles. The Labute approximate surface area is 156 Å². The summed E-state index contributed by atoms with van der Waals surface area (Å²) >= 11 is 0. The van der Waals surface area contributed by atoms with Crippen molar-refractivity contribution in [2.24, 2.45) is 0 Å². The summed E-state index contributed by atoms with van der Waals surface area (Å²) in [6, 6.07) is 15.3. The Kier molecular flexibility index (Phi) is 6.80. The van der Waals surface area contributed by atoms with Crippen LogP contribution in [-0.2, 0) is 21.4 Å². The Bertz CT molecular complexity index is 846. The second-order valence-electron chi connectivity index (χ2n) is 6.54. The maximum absolute atomic E-state index is 12.1. The van der Waals surface area contributed by atoms with Gasteiger partial charge in [-0.05, 0) is 38.0 Å². The van der Waals surface area contributed by atoms with Crippen molar-refractivity contribution >= 4 is 21.6 Å². The van der Waals surface area contributed by atoms with Crippen LogP contribution in [-0.4, -0.2) is 27.1 Å². The largest absolute Gasteiger partial charge is 0.352 e. The Morgan fingerprint density at radius 1 is 1.04 bits per heavy atom. The number of amides is 1. The van der Waals surface area contributed by atoms with Crippen LogP contribution in [0, 0.1) is 13.8 Å². The number of nitrogens with zero attached hydrogens (tertiary/aromatic N) is 1. The lowest BCUT2D eigenvalue weighted by molar-refractivity contribution is -0.121. The molecule has 0 radical (unpaired) electrons. The van der Waals surface area contributed by atoms with Crippen LogP contribution >= 0.6 is 0 Å². The van der Waals surface area contributed by atoms with E-state index in [9.17, 15) is 13.2 Å². The number of nitrogens with one attached hydrogen (secondary N) is 1. The molecule has 6 heteroatoms. The first-order valence-corrected chi connectivity index (χ1v) is 10.5. The van der Waals surface area contributed by atoms with Crippen LogP contribution in [0.2, 0.25) is 0 Å². The SMILES string of the molecule is Cc1ccc(N(CCCC(=O)NCc2cccc(C)c2)S(C)(=O)=O)cc1. The molecule has 0 saturated heterocycles. The van der Waals surface area contributed by atoms with Crippen molar-refractivity contribution in [2.75, 3.05) is 17.1 Å². The third kappa shape index (κ3) is 6.19. The van der Waals surface area contributed by atoms with Gasteiger partial charge in [-0.1, -0.05) is 47.5 Å². The number of sulfonamides is 1. The Morgan fingerprint density at radius 2 is 1.73 bits per heavy atom. The fraction of sp³-hybridized carbons (Fsp3) is 0.350. The first-order valence-electron chi connectivity index (χ1n) is 8.62. The highest BCUT2D eigenvalue weighted by molar-refractivity contribution is 7.92. The fourth-order valence-corrected chi connectivity index (χ4v) is 3.66. The van der Waals surface area contributed by atoms with Crippen molar-refractivity contribution in [3.05, 3.63) is 65.2 Å². The van der Waals surface area contributed by atoms with Gasteiger partial charge in [0, 0.05) is 19.5 Å². The minimum absolute atomic E-state index is 0.0798. The number of anilines is 1. The lowest BCUT2D eigenvalue weighted by Gasteiger charge is -2.22. The van der Waals surface area contributed by atoms with E-state index >= 15 is 0 Å². The van der Waals surface area contributed by atoms with Crippen molar-refractivity contribution in [3.8, 4) is 0 Å². The maximum Gasteiger partial charge on any atom is 0.232 e. The summed E-state index contributed by atoms with van der Waals surface area (Å²) in [5, 5.41) is 2.88. The topological polar surface area (TPSA) is 66.5 Å². The first kappa shape index (κ1) is 20.0. The predicted molar refractivity (Wildman–Crippen MR) is 106 cm³/mol. The minimum atomic E-state index is -3.39. The number of carbonyl (C=O) groups excluding carboxylic acids is 1. The highest BCUT2D eigenvalue weighted by Gasteiger charge is 2.17. The van der Waals surface area contributed by atoms with E-state index < -0.39 is 10.0 Å². The Balaban J connectivity index is 1.87. The second-order valence-corrected chi connectivity index (χ2v) is 8.45. The number of hydrogen-bond donors (Lipinski definition) is 1.